The van der Waals surface area contributed by atoms with E-state index in [4.69, 9.17) is 21.1 Å². The van der Waals surface area contributed by atoms with Crippen molar-refractivity contribution in [1.82, 2.24) is 5.32 Å². The van der Waals surface area contributed by atoms with Gasteiger partial charge in [-0.3, -0.25) is 4.79 Å². The summed E-state index contributed by atoms with van der Waals surface area (Å²) in [4.78, 5) is 13.0. The van der Waals surface area contributed by atoms with E-state index < -0.39 is 12.2 Å². The van der Waals surface area contributed by atoms with Crippen LogP contribution in [0.1, 0.15) is 29.3 Å². The van der Waals surface area contributed by atoms with E-state index in [1.54, 1.807) is 31.4 Å². The number of ketones is 1. The van der Waals surface area contributed by atoms with Crippen molar-refractivity contribution in [3.8, 4) is 5.75 Å². The van der Waals surface area contributed by atoms with Crippen molar-refractivity contribution < 1.29 is 19.4 Å². The molecule has 2 atom stereocenters. The molecule has 28 heavy (non-hydrogen) atoms. The van der Waals surface area contributed by atoms with Crippen LogP contribution >= 0.6 is 11.6 Å². The lowest BCUT2D eigenvalue weighted by atomic mass is 9.99. The van der Waals surface area contributed by atoms with E-state index in [1.165, 1.54) is 0 Å². The molecule has 2 unspecified atom stereocenters. The fourth-order valence-electron chi connectivity index (χ4n) is 2.80. The molecule has 0 amide bonds. The topological polar surface area (TPSA) is 67.8 Å². The van der Waals surface area contributed by atoms with Gasteiger partial charge in [0.25, 0.3) is 0 Å². The maximum Gasteiger partial charge on any atom is 0.191 e. The van der Waals surface area contributed by atoms with E-state index in [-0.39, 0.29) is 12.4 Å². The molecule has 0 aliphatic carbocycles. The maximum absolute atomic E-state index is 13.0. The number of hydrogen-bond acceptors (Lipinski definition) is 5. The van der Waals surface area contributed by atoms with Crippen LogP contribution < -0.4 is 10.1 Å². The van der Waals surface area contributed by atoms with Crippen LogP contribution in [0.5, 0.6) is 5.75 Å². The van der Waals surface area contributed by atoms with Gasteiger partial charge in [-0.1, -0.05) is 54.9 Å². The number of halogens is 1. The van der Waals surface area contributed by atoms with Crippen molar-refractivity contribution in [2.45, 2.75) is 32.0 Å². The molecule has 2 aromatic rings. The summed E-state index contributed by atoms with van der Waals surface area (Å²) in [7, 11) is 1.56. The van der Waals surface area contributed by atoms with Crippen LogP contribution in [0.25, 0.3) is 0 Å². The lowest BCUT2D eigenvalue weighted by Gasteiger charge is -2.20. The number of Topliss-reactive ketones (excluding diaryl/α,β-unsaturated/α-hetero) is 1. The van der Waals surface area contributed by atoms with Crippen LogP contribution in [0.3, 0.4) is 0 Å². The summed E-state index contributed by atoms with van der Waals surface area (Å²) in [5, 5.41) is 13.7. The highest BCUT2D eigenvalue weighted by molar-refractivity contribution is 6.32. The highest BCUT2D eigenvalue weighted by atomic mass is 35.5. The van der Waals surface area contributed by atoms with Gasteiger partial charge in [-0.15, -0.1) is 0 Å². The number of carbonyl (C=O) groups excluding carboxylic acids is 1. The van der Waals surface area contributed by atoms with Gasteiger partial charge in [-0.2, -0.15) is 0 Å². The molecule has 2 rings (SSSR count). The Bertz CT molecular complexity index is 739. The van der Waals surface area contributed by atoms with Crippen LogP contribution in [0, 0.1) is 0 Å². The van der Waals surface area contributed by atoms with Gasteiger partial charge in [0, 0.05) is 18.5 Å². The monoisotopic (exact) mass is 405 g/mol. The molecule has 2 N–H and O–H groups in total. The summed E-state index contributed by atoms with van der Waals surface area (Å²) in [5.41, 5.74) is 1.43. The number of benzene rings is 2. The summed E-state index contributed by atoms with van der Waals surface area (Å²) in [6.45, 7) is 3.39. The Hall–Kier alpha value is -1.92. The Balaban J connectivity index is 2.09. The van der Waals surface area contributed by atoms with E-state index in [0.717, 1.165) is 18.5 Å². The van der Waals surface area contributed by atoms with E-state index in [2.05, 4.69) is 12.2 Å². The molecule has 0 fully saturated rings. The molecule has 2 aromatic carbocycles. The van der Waals surface area contributed by atoms with Gasteiger partial charge in [-0.25, -0.2) is 0 Å². The van der Waals surface area contributed by atoms with Crippen molar-refractivity contribution in [3.63, 3.8) is 0 Å². The molecule has 0 saturated heterocycles. The summed E-state index contributed by atoms with van der Waals surface area (Å²) >= 11 is 6.21. The zero-order valence-corrected chi connectivity index (χ0v) is 17.1. The first kappa shape index (κ1) is 22.4. The molecule has 6 heteroatoms. The fourth-order valence-corrected chi connectivity index (χ4v) is 3.08. The summed E-state index contributed by atoms with van der Waals surface area (Å²) in [5.74, 6) is 0.455. The van der Waals surface area contributed by atoms with Gasteiger partial charge >= 0.3 is 0 Å². The van der Waals surface area contributed by atoms with Crippen molar-refractivity contribution in [3.05, 3.63) is 64.7 Å². The zero-order valence-electron chi connectivity index (χ0n) is 16.4. The number of hydrogen-bond donors (Lipinski definition) is 2. The van der Waals surface area contributed by atoms with Crippen molar-refractivity contribution in [2.24, 2.45) is 0 Å². The van der Waals surface area contributed by atoms with E-state index in [9.17, 15) is 9.90 Å². The number of aliphatic hydroxyl groups excluding tert-OH is 1. The minimum Gasteiger partial charge on any atom is -0.495 e. The molecule has 0 heterocycles. The fraction of sp³-hybridized carbons (Fsp3) is 0.409. The summed E-state index contributed by atoms with van der Waals surface area (Å²) in [6.07, 6.45) is -0.0576. The molecule has 0 bridgehead atoms. The predicted molar refractivity (Wildman–Crippen MR) is 111 cm³/mol. The largest absolute Gasteiger partial charge is 0.495 e. The highest BCUT2D eigenvalue weighted by Gasteiger charge is 2.23. The smallest absolute Gasteiger partial charge is 0.191 e. The van der Waals surface area contributed by atoms with Crippen LogP contribution in [0.2, 0.25) is 5.02 Å². The molecule has 0 aliphatic heterocycles. The SMILES string of the molecule is CCCNCC(O)COC(Cc1ccc(OC)c(Cl)c1)C(=O)c1ccccc1. The van der Waals surface area contributed by atoms with E-state index in [0.29, 0.717) is 29.3 Å². The van der Waals surface area contributed by atoms with Gasteiger partial charge in [0.05, 0.1) is 24.8 Å². The average molecular weight is 406 g/mol. The van der Waals surface area contributed by atoms with Gasteiger partial charge in [-0.05, 0) is 30.7 Å². The second kappa shape index (κ2) is 11.8. The van der Waals surface area contributed by atoms with Gasteiger partial charge < -0.3 is 19.9 Å². The number of nitrogens with one attached hydrogen (secondary N) is 1. The zero-order chi connectivity index (χ0) is 20.4. The Morgan fingerprint density at radius 3 is 2.61 bits per heavy atom. The second-order valence-corrected chi connectivity index (χ2v) is 6.99. The molecule has 0 spiro atoms. The molecule has 152 valence electrons. The average Bonchev–Trinajstić information content (AvgIpc) is 2.71. The van der Waals surface area contributed by atoms with Crippen LogP contribution in [0.4, 0.5) is 0 Å². The van der Waals surface area contributed by atoms with E-state index >= 15 is 0 Å². The molecule has 0 aromatic heterocycles. The number of rotatable bonds is 12. The number of carbonyl (C=O) groups is 1. The van der Waals surface area contributed by atoms with Crippen molar-refractivity contribution in [1.29, 1.82) is 0 Å². The number of aliphatic hydroxyl groups is 1. The first-order valence-electron chi connectivity index (χ1n) is 9.47. The normalized spacial score (nSPS) is 13.1. The lowest BCUT2D eigenvalue weighted by molar-refractivity contribution is -0.00162. The molecular formula is C22H28ClNO4. The van der Waals surface area contributed by atoms with Crippen LogP contribution in [-0.4, -0.2) is 49.9 Å². The second-order valence-electron chi connectivity index (χ2n) is 6.58. The lowest BCUT2D eigenvalue weighted by Crippen LogP contribution is -2.35. The van der Waals surface area contributed by atoms with Gasteiger partial charge in [0.2, 0.25) is 0 Å². The molecule has 0 aliphatic rings. The Labute approximate surface area is 171 Å². The first-order valence-corrected chi connectivity index (χ1v) is 9.85. The highest BCUT2D eigenvalue weighted by Crippen LogP contribution is 2.26. The Morgan fingerprint density at radius 1 is 1.21 bits per heavy atom. The van der Waals surface area contributed by atoms with Crippen LogP contribution in [0.15, 0.2) is 48.5 Å². The van der Waals surface area contributed by atoms with Gasteiger partial charge in [0.1, 0.15) is 11.9 Å². The predicted octanol–water partition coefficient (Wildman–Crippen LogP) is 3.52. The number of methoxy groups -OCH3 is 1. The van der Waals surface area contributed by atoms with Gasteiger partial charge in [0.15, 0.2) is 5.78 Å². The third-order valence-electron chi connectivity index (χ3n) is 4.28. The van der Waals surface area contributed by atoms with Crippen molar-refractivity contribution in [2.75, 3.05) is 26.8 Å². The Kier molecular flexibility index (Phi) is 9.44. The number of ether oxygens (including phenoxy) is 2. The van der Waals surface area contributed by atoms with E-state index in [1.807, 2.05) is 24.3 Å². The summed E-state index contributed by atoms with van der Waals surface area (Å²) in [6, 6.07) is 14.4. The summed E-state index contributed by atoms with van der Waals surface area (Å²) < 4.78 is 11.0. The standard InChI is InChI=1S/C22H28ClNO4/c1-3-11-24-14-18(25)15-28-21(22(26)17-7-5-4-6-8-17)13-16-9-10-20(27-2)19(23)12-16/h4-10,12,18,21,24-25H,3,11,13-15H2,1-2H3. The third kappa shape index (κ3) is 6.91. The molecule has 0 saturated carbocycles. The minimum atomic E-state index is -0.715. The maximum atomic E-state index is 13.0. The quantitative estimate of drug-likeness (QED) is 0.417. The third-order valence-corrected chi connectivity index (χ3v) is 4.58. The minimum absolute atomic E-state index is 0.0733. The van der Waals surface area contributed by atoms with Crippen molar-refractivity contribution >= 4 is 17.4 Å². The molecule has 0 radical (unpaired) electrons. The molecular weight excluding hydrogens is 378 g/mol. The Morgan fingerprint density at radius 2 is 1.96 bits per heavy atom. The first-order chi connectivity index (χ1) is 13.5. The molecule has 5 nitrogen and oxygen atoms in total. The van der Waals surface area contributed by atoms with Crippen LogP contribution in [-0.2, 0) is 11.2 Å².